The van der Waals surface area contributed by atoms with Crippen molar-refractivity contribution in [3.05, 3.63) is 73.0 Å². The Bertz CT molecular complexity index is 2150. The van der Waals surface area contributed by atoms with E-state index < -0.39 is 80.7 Å². The number of aromatic nitrogens is 6. The van der Waals surface area contributed by atoms with Crippen molar-refractivity contribution >= 4 is 24.9 Å². The summed E-state index contributed by atoms with van der Waals surface area (Å²) in [6, 6.07) is 5.16. The van der Waals surface area contributed by atoms with E-state index in [2.05, 4.69) is 25.0 Å². The standard InChI is InChI=1S/C29H35N8O13P/c1-13-8-36(29(42)35-25(13)40)19-6-16(17(9-38)48-19)50-51(43,32-7-14-4-3-5-15-22(14)46-12-45-15)47-10-18-21(39)23(44-2)27(49-18)37-11-31-20-24(37)33-28(30)34-26(20)41/h3-5,8,11,16-19,21,23,27,38-39H,6-7,9-10,12H2,1-2H3,(H,32,43)(H,35,40,42)(H3,30,33,34,41). The number of rotatable bonds is 12. The van der Waals surface area contributed by atoms with Crippen molar-refractivity contribution in [1.82, 2.24) is 34.2 Å². The van der Waals surface area contributed by atoms with E-state index in [-0.39, 0.29) is 42.4 Å². The van der Waals surface area contributed by atoms with E-state index in [9.17, 15) is 29.2 Å². The summed E-state index contributed by atoms with van der Waals surface area (Å²) in [5.41, 5.74) is 4.75. The Labute approximate surface area is 286 Å². The van der Waals surface area contributed by atoms with Crippen LogP contribution < -0.4 is 37.1 Å². The lowest BCUT2D eigenvalue weighted by Gasteiger charge is -2.26. The highest BCUT2D eigenvalue weighted by Crippen LogP contribution is 2.50. The van der Waals surface area contributed by atoms with Gasteiger partial charge in [0.15, 0.2) is 28.9 Å². The minimum atomic E-state index is -4.40. The summed E-state index contributed by atoms with van der Waals surface area (Å²) >= 11 is 0. The Hall–Kier alpha value is -4.44. The third-order valence-electron chi connectivity index (χ3n) is 8.75. The maximum Gasteiger partial charge on any atom is 0.406 e. The number of aromatic amines is 2. The van der Waals surface area contributed by atoms with Crippen LogP contribution in [0, 0.1) is 6.92 Å². The lowest BCUT2D eigenvalue weighted by molar-refractivity contribution is -0.0600. The molecule has 0 spiro atoms. The zero-order valence-electron chi connectivity index (χ0n) is 27.2. The number of fused-ring (bicyclic) bond motifs is 2. The summed E-state index contributed by atoms with van der Waals surface area (Å²) in [7, 11) is -3.06. The second kappa shape index (κ2) is 13.9. The van der Waals surface area contributed by atoms with Gasteiger partial charge in [-0.1, -0.05) is 12.1 Å². The number of aryl methyl sites for hydroxylation is 1. The van der Waals surface area contributed by atoms with Gasteiger partial charge in [-0.15, -0.1) is 0 Å². The van der Waals surface area contributed by atoms with Crippen molar-refractivity contribution in [2.24, 2.45) is 0 Å². The third kappa shape index (κ3) is 6.70. The van der Waals surface area contributed by atoms with Crippen LogP contribution in [0.5, 0.6) is 11.5 Å². The lowest BCUT2D eigenvalue weighted by Crippen LogP contribution is -2.36. The summed E-state index contributed by atoms with van der Waals surface area (Å²) in [5, 5.41) is 24.2. The first-order chi connectivity index (χ1) is 24.5. The third-order valence-corrected chi connectivity index (χ3v) is 10.3. The van der Waals surface area contributed by atoms with Crippen LogP contribution in [0.4, 0.5) is 5.95 Å². The number of benzene rings is 1. The van der Waals surface area contributed by atoms with Crippen molar-refractivity contribution in [1.29, 1.82) is 0 Å². The summed E-state index contributed by atoms with van der Waals surface area (Å²) < 4.78 is 57.6. The molecule has 2 saturated heterocycles. The van der Waals surface area contributed by atoms with Gasteiger partial charge < -0.3 is 39.6 Å². The zero-order chi connectivity index (χ0) is 36.0. The normalized spacial score (nSPS) is 26.9. The number of nitrogens with one attached hydrogen (secondary N) is 3. The predicted octanol–water partition coefficient (Wildman–Crippen LogP) is -0.858. The number of anilines is 1. The van der Waals surface area contributed by atoms with Crippen LogP contribution in [0.15, 0.2) is 45.1 Å². The smallest absolute Gasteiger partial charge is 0.406 e. The number of methoxy groups -OCH3 is 1. The fourth-order valence-electron chi connectivity index (χ4n) is 6.19. The van der Waals surface area contributed by atoms with Gasteiger partial charge in [0.05, 0.1) is 19.5 Å². The van der Waals surface area contributed by atoms with Crippen LogP contribution in [0.25, 0.3) is 11.2 Å². The highest BCUT2D eigenvalue weighted by atomic mass is 31.2. The number of aliphatic hydroxyl groups excluding tert-OH is 2. The second-order valence-electron chi connectivity index (χ2n) is 12.0. The lowest BCUT2D eigenvalue weighted by atomic mass is 10.1. The van der Waals surface area contributed by atoms with Gasteiger partial charge in [0, 0.05) is 37.4 Å². The number of para-hydroxylation sites is 1. The van der Waals surface area contributed by atoms with Crippen LogP contribution in [-0.2, 0) is 34.4 Å². The van der Waals surface area contributed by atoms with E-state index >= 15 is 0 Å². The molecule has 3 aromatic heterocycles. The first kappa shape index (κ1) is 35.0. The molecule has 0 bridgehead atoms. The van der Waals surface area contributed by atoms with E-state index in [0.29, 0.717) is 17.1 Å². The molecule has 4 aromatic rings. The number of nitrogens with two attached hydrogens (primary N) is 1. The van der Waals surface area contributed by atoms with E-state index in [1.165, 1.54) is 31.1 Å². The summed E-state index contributed by atoms with van der Waals surface area (Å²) in [4.78, 5) is 49.7. The van der Waals surface area contributed by atoms with E-state index in [1.54, 1.807) is 18.2 Å². The van der Waals surface area contributed by atoms with Gasteiger partial charge in [0.2, 0.25) is 12.7 Å². The number of imidazole rings is 1. The SMILES string of the molecule is COC1C(O)C(COP(=O)(NCc2cccc3c2OCO3)OC2CC(n3cc(C)c(=O)[nH]c3=O)OC2CO)OC1n1cnc2c(=O)[nH]c(N)nc21. The predicted molar refractivity (Wildman–Crippen MR) is 173 cm³/mol. The number of H-pyrrole nitrogens is 2. The van der Waals surface area contributed by atoms with Crippen molar-refractivity contribution in [3.63, 3.8) is 0 Å². The summed E-state index contributed by atoms with van der Waals surface area (Å²) in [6.07, 6.45) is -5.16. The molecule has 274 valence electrons. The van der Waals surface area contributed by atoms with Crippen LogP contribution in [0.2, 0.25) is 0 Å². The minimum Gasteiger partial charge on any atom is -0.454 e. The van der Waals surface area contributed by atoms with Crippen molar-refractivity contribution in [3.8, 4) is 11.5 Å². The number of hydrogen-bond donors (Lipinski definition) is 6. The molecular formula is C29H35N8O13P. The summed E-state index contributed by atoms with van der Waals surface area (Å²) in [6.45, 7) is 0.347. The number of nitrogen functional groups attached to an aromatic ring is 1. The molecule has 6 heterocycles. The van der Waals surface area contributed by atoms with Crippen molar-refractivity contribution in [2.45, 2.75) is 62.9 Å². The monoisotopic (exact) mass is 734 g/mol. The van der Waals surface area contributed by atoms with Gasteiger partial charge in [-0.3, -0.25) is 37.7 Å². The first-order valence-electron chi connectivity index (χ1n) is 15.7. The molecule has 0 aliphatic carbocycles. The molecule has 0 saturated carbocycles. The molecule has 7 rings (SSSR count). The molecule has 8 unspecified atom stereocenters. The molecule has 7 N–H and O–H groups in total. The Morgan fingerprint density at radius 3 is 2.75 bits per heavy atom. The molecule has 0 radical (unpaired) electrons. The molecule has 0 amide bonds. The quantitative estimate of drug-likeness (QED) is 0.0966. The number of ether oxygens (including phenoxy) is 5. The van der Waals surface area contributed by atoms with E-state index in [0.717, 1.165) is 4.57 Å². The van der Waals surface area contributed by atoms with Crippen molar-refractivity contribution in [2.75, 3.05) is 32.9 Å². The molecule has 22 heteroatoms. The van der Waals surface area contributed by atoms with Gasteiger partial charge >= 0.3 is 13.4 Å². The van der Waals surface area contributed by atoms with Crippen LogP contribution in [0.3, 0.4) is 0 Å². The maximum absolute atomic E-state index is 14.6. The molecule has 1 aromatic carbocycles. The molecular weight excluding hydrogens is 699 g/mol. The number of hydrogen-bond acceptors (Lipinski definition) is 16. The number of aliphatic hydroxyl groups is 2. The number of nitrogens with zero attached hydrogens (tertiary/aromatic N) is 4. The fourth-order valence-corrected chi connectivity index (χ4v) is 7.70. The molecule has 8 atom stereocenters. The molecule has 2 fully saturated rings. The van der Waals surface area contributed by atoms with Crippen molar-refractivity contribution < 1.29 is 47.5 Å². The van der Waals surface area contributed by atoms with Crippen LogP contribution in [0.1, 0.15) is 30.0 Å². The Kier molecular flexibility index (Phi) is 9.56. The molecule has 3 aliphatic rings. The van der Waals surface area contributed by atoms with Gasteiger partial charge in [-0.2, -0.15) is 4.98 Å². The van der Waals surface area contributed by atoms with E-state index in [1.807, 2.05) is 0 Å². The van der Waals surface area contributed by atoms with Gasteiger partial charge in [-0.05, 0) is 13.0 Å². The van der Waals surface area contributed by atoms with Crippen LogP contribution >= 0.6 is 7.75 Å². The first-order valence-corrected chi connectivity index (χ1v) is 17.3. The largest absolute Gasteiger partial charge is 0.454 e. The maximum atomic E-state index is 14.6. The van der Waals surface area contributed by atoms with Gasteiger partial charge in [-0.25, -0.2) is 19.4 Å². The Morgan fingerprint density at radius 2 is 1.96 bits per heavy atom. The highest BCUT2D eigenvalue weighted by Gasteiger charge is 2.48. The molecule has 3 aliphatic heterocycles. The fraction of sp³-hybridized carbons (Fsp3) is 0.483. The second-order valence-corrected chi connectivity index (χ2v) is 13.8. The zero-order valence-corrected chi connectivity index (χ0v) is 28.1. The van der Waals surface area contributed by atoms with Gasteiger partial charge in [0.1, 0.15) is 36.7 Å². The minimum absolute atomic E-state index is 0.00101. The molecule has 51 heavy (non-hydrogen) atoms. The summed E-state index contributed by atoms with van der Waals surface area (Å²) in [5.74, 6) is 0.763. The topological polar surface area (TPSA) is 279 Å². The van der Waals surface area contributed by atoms with E-state index in [4.69, 9.17) is 38.5 Å². The Morgan fingerprint density at radius 1 is 1.14 bits per heavy atom. The average molecular weight is 735 g/mol. The Balaban J connectivity index is 1.13. The highest BCUT2D eigenvalue weighted by molar-refractivity contribution is 7.51. The van der Waals surface area contributed by atoms with Crippen LogP contribution in [-0.4, -0.2) is 96.9 Å². The average Bonchev–Trinajstić information content (AvgIpc) is 3.90. The molecule has 21 nitrogen and oxygen atoms in total. The van der Waals surface area contributed by atoms with Gasteiger partial charge in [0.25, 0.3) is 11.1 Å².